The molecule has 0 radical (unpaired) electrons. The number of primary amides is 1. The van der Waals surface area contributed by atoms with Gasteiger partial charge in [0.25, 0.3) is 5.91 Å². The summed E-state index contributed by atoms with van der Waals surface area (Å²) in [4.78, 5) is 15.3. The monoisotopic (exact) mass is 256 g/mol. The van der Waals surface area contributed by atoms with E-state index < -0.39 is 5.91 Å². The van der Waals surface area contributed by atoms with E-state index in [1.54, 1.807) is 24.3 Å². The summed E-state index contributed by atoms with van der Waals surface area (Å²) in [5, 5.41) is 18.8. The number of benzene rings is 2. The van der Waals surface area contributed by atoms with Crippen LogP contribution in [0.2, 0.25) is 0 Å². The van der Waals surface area contributed by atoms with Crippen LogP contribution in [0.25, 0.3) is 0 Å². The fourth-order valence-electron chi connectivity index (χ4n) is 1.57. The van der Waals surface area contributed by atoms with E-state index in [0.29, 0.717) is 16.8 Å². The average Bonchev–Trinajstić information content (AvgIpc) is 2.38. The number of hydrogen-bond acceptors (Lipinski definition) is 4. The molecule has 5 nitrogen and oxygen atoms in total. The van der Waals surface area contributed by atoms with Gasteiger partial charge in [0.15, 0.2) is 0 Å². The number of rotatable bonds is 3. The van der Waals surface area contributed by atoms with Crippen LogP contribution in [0.4, 0.5) is 5.69 Å². The zero-order chi connectivity index (χ0) is 13.8. The van der Waals surface area contributed by atoms with E-state index in [-0.39, 0.29) is 11.5 Å². The summed E-state index contributed by atoms with van der Waals surface area (Å²) >= 11 is 0. The second-order valence-corrected chi connectivity index (χ2v) is 3.88. The van der Waals surface area contributed by atoms with Crippen molar-refractivity contribution in [3.05, 3.63) is 53.6 Å². The molecule has 0 saturated heterocycles. The minimum absolute atomic E-state index is 0.0350. The van der Waals surface area contributed by atoms with Crippen molar-refractivity contribution in [1.82, 2.24) is 0 Å². The number of phenolic OH excluding ortho intramolecular Hbond substituents is 2. The summed E-state index contributed by atoms with van der Waals surface area (Å²) in [6, 6.07) is 10.8. The van der Waals surface area contributed by atoms with Crippen LogP contribution in [0.15, 0.2) is 47.5 Å². The lowest BCUT2D eigenvalue weighted by molar-refractivity contribution is 0.100. The number of nitrogens with two attached hydrogens (primary N) is 1. The van der Waals surface area contributed by atoms with Crippen molar-refractivity contribution in [2.24, 2.45) is 10.7 Å². The Morgan fingerprint density at radius 2 is 1.89 bits per heavy atom. The molecule has 5 heteroatoms. The molecule has 0 fully saturated rings. The Kier molecular flexibility index (Phi) is 3.47. The minimum Gasteiger partial charge on any atom is -0.508 e. The van der Waals surface area contributed by atoms with Crippen LogP contribution in [0, 0.1) is 0 Å². The van der Waals surface area contributed by atoms with Gasteiger partial charge in [-0.2, -0.15) is 0 Å². The summed E-state index contributed by atoms with van der Waals surface area (Å²) in [5.41, 5.74) is 6.39. The van der Waals surface area contributed by atoms with Gasteiger partial charge in [-0.3, -0.25) is 9.79 Å². The Labute approximate surface area is 109 Å². The van der Waals surface area contributed by atoms with Gasteiger partial charge in [-0.05, 0) is 24.3 Å². The van der Waals surface area contributed by atoms with Gasteiger partial charge < -0.3 is 15.9 Å². The molecule has 1 amide bonds. The fourth-order valence-corrected chi connectivity index (χ4v) is 1.57. The van der Waals surface area contributed by atoms with Crippen molar-refractivity contribution in [2.45, 2.75) is 0 Å². The molecule has 0 aliphatic carbocycles. The first-order valence-electron chi connectivity index (χ1n) is 5.53. The first-order chi connectivity index (χ1) is 9.08. The molecule has 96 valence electrons. The third kappa shape index (κ3) is 2.90. The highest BCUT2D eigenvalue weighted by atomic mass is 16.3. The predicted molar refractivity (Wildman–Crippen MR) is 72.0 cm³/mol. The summed E-state index contributed by atoms with van der Waals surface area (Å²) in [7, 11) is 0. The van der Waals surface area contributed by atoms with Gasteiger partial charge in [0.1, 0.15) is 11.5 Å². The molecule has 19 heavy (non-hydrogen) atoms. The number of para-hydroxylation sites is 1. The van der Waals surface area contributed by atoms with Crippen molar-refractivity contribution in [3.63, 3.8) is 0 Å². The van der Waals surface area contributed by atoms with Gasteiger partial charge in [0, 0.05) is 17.8 Å². The molecule has 0 aliphatic rings. The van der Waals surface area contributed by atoms with Crippen LogP contribution >= 0.6 is 0 Å². The van der Waals surface area contributed by atoms with Gasteiger partial charge in [-0.15, -0.1) is 0 Å². The second kappa shape index (κ2) is 5.22. The van der Waals surface area contributed by atoms with Crippen molar-refractivity contribution < 1.29 is 15.0 Å². The van der Waals surface area contributed by atoms with Crippen molar-refractivity contribution in [3.8, 4) is 11.5 Å². The summed E-state index contributed by atoms with van der Waals surface area (Å²) < 4.78 is 0. The second-order valence-electron chi connectivity index (χ2n) is 3.88. The SMILES string of the molecule is NC(=O)c1ccccc1N=Cc1ccc(O)cc1O. The van der Waals surface area contributed by atoms with Gasteiger partial charge in [0.05, 0.1) is 11.3 Å². The highest BCUT2D eigenvalue weighted by molar-refractivity contribution is 5.99. The number of hydrogen-bond donors (Lipinski definition) is 3. The Morgan fingerprint density at radius 1 is 1.16 bits per heavy atom. The van der Waals surface area contributed by atoms with Crippen LogP contribution in [0.5, 0.6) is 11.5 Å². The average molecular weight is 256 g/mol. The highest BCUT2D eigenvalue weighted by Crippen LogP contribution is 2.23. The molecule has 0 atom stereocenters. The summed E-state index contributed by atoms with van der Waals surface area (Å²) in [5.74, 6) is -0.699. The topological polar surface area (TPSA) is 95.9 Å². The molecule has 0 bridgehead atoms. The smallest absolute Gasteiger partial charge is 0.250 e. The fraction of sp³-hybridized carbons (Fsp3) is 0. The summed E-state index contributed by atoms with van der Waals surface area (Å²) in [6.45, 7) is 0. The largest absolute Gasteiger partial charge is 0.508 e. The van der Waals surface area contributed by atoms with E-state index in [1.165, 1.54) is 24.4 Å². The third-order valence-electron chi connectivity index (χ3n) is 2.53. The van der Waals surface area contributed by atoms with Gasteiger partial charge in [-0.1, -0.05) is 12.1 Å². The standard InChI is InChI=1S/C14H12N2O3/c15-14(19)11-3-1-2-4-12(11)16-8-9-5-6-10(17)7-13(9)18/h1-8,17-18H,(H2,15,19). The lowest BCUT2D eigenvalue weighted by atomic mass is 10.1. The number of aromatic hydroxyl groups is 2. The molecule has 4 N–H and O–H groups in total. The number of amides is 1. The van der Waals surface area contributed by atoms with E-state index >= 15 is 0 Å². The maximum Gasteiger partial charge on any atom is 0.250 e. The Balaban J connectivity index is 2.35. The van der Waals surface area contributed by atoms with Gasteiger partial charge in [-0.25, -0.2) is 0 Å². The summed E-state index contributed by atoms with van der Waals surface area (Å²) in [6.07, 6.45) is 1.40. The quantitative estimate of drug-likeness (QED) is 0.732. The normalized spacial score (nSPS) is 10.7. The van der Waals surface area contributed by atoms with Gasteiger partial charge in [0.2, 0.25) is 0 Å². The Bertz CT molecular complexity index is 651. The van der Waals surface area contributed by atoms with Crippen LogP contribution in [0.1, 0.15) is 15.9 Å². The molecular weight excluding hydrogens is 244 g/mol. The molecule has 0 spiro atoms. The molecule has 0 saturated carbocycles. The highest BCUT2D eigenvalue weighted by Gasteiger charge is 2.05. The van der Waals surface area contributed by atoms with Gasteiger partial charge >= 0.3 is 0 Å². The lowest BCUT2D eigenvalue weighted by Gasteiger charge is -2.02. The Hall–Kier alpha value is -2.82. The predicted octanol–water partition coefficient (Wildman–Crippen LogP) is 1.95. The van der Waals surface area contributed by atoms with E-state index in [0.717, 1.165) is 0 Å². The third-order valence-corrected chi connectivity index (χ3v) is 2.53. The number of carbonyl (C=O) groups excluding carboxylic acids is 1. The van der Waals surface area contributed by atoms with E-state index in [4.69, 9.17) is 5.73 Å². The molecule has 0 heterocycles. The van der Waals surface area contributed by atoms with E-state index in [1.807, 2.05) is 0 Å². The van der Waals surface area contributed by atoms with E-state index in [2.05, 4.69) is 4.99 Å². The first kappa shape index (κ1) is 12.6. The molecule has 0 aliphatic heterocycles. The molecule has 2 rings (SSSR count). The zero-order valence-electron chi connectivity index (χ0n) is 9.95. The van der Waals surface area contributed by atoms with Crippen molar-refractivity contribution >= 4 is 17.8 Å². The van der Waals surface area contributed by atoms with Crippen molar-refractivity contribution in [2.75, 3.05) is 0 Å². The van der Waals surface area contributed by atoms with Crippen LogP contribution in [0.3, 0.4) is 0 Å². The van der Waals surface area contributed by atoms with E-state index in [9.17, 15) is 15.0 Å². The minimum atomic E-state index is -0.567. The zero-order valence-corrected chi connectivity index (χ0v) is 9.95. The first-order valence-corrected chi connectivity index (χ1v) is 5.53. The maximum atomic E-state index is 11.2. The van der Waals surface area contributed by atoms with Crippen molar-refractivity contribution in [1.29, 1.82) is 0 Å². The number of aliphatic imine (C=N–C) groups is 1. The van der Waals surface area contributed by atoms with Crippen LogP contribution in [-0.2, 0) is 0 Å². The number of phenols is 2. The Morgan fingerprint density at radius 3 is 2.58 bits per heavy atom. The number of nitrogens with zero attached hydrogens (tertiary/aromatic N) is 1. The molecule has 0 aromatic heterocycles. The molecule has 2 aromatic carbocycles. The molecular formula is C14H12N2O3. The maximum absolute atomic E-state index is 11.2. The lowest BCUT2D eigenvalue weighted by Crippen LogP contribution is -2.10. The van der Waals surface area contributed by atoms with Crippen LogP contribution in [-0.4, -0.2) is 22.3 Å². The number of carbonyl (C=O) groups is 1. The van der Waals surface area contributed by atoms with Crippen LogP contribution < -0.4 is 5.73 Å². The molecule has 2 aromatic rings. The molecule has 0 unspecified atom stereocenters.